The largest absolute Gasteiger partial charge is 0.305 e. The van der Waals surface area contributed by atoms with E-state index in [2.05, 4.69) is 20.2 Å². The Morgan fingerprint density at radius 2 is 1.92 bits per heavy atom. The van der Waals surface area contributed by atoms with Crippen molar-refractivity contribution in [3.63, 3.8) is 0 Å². The second-order valence-electron chi connectivity index (χ2n) is 5.29. The van der Waals surface area contributed by atoms with Gasteiger partial charge in [0.1, 0.15) is 17.2 Å². The molecule has 0 N–H and O–H groups in total. The number of hydrogen-bond acceptors (Lipinski definition) is 5. The van der Waals surface area contributed by atoms with Gasteiger partial charge in [0.25, 0.3) is 0 Å². The van der Waals surface area contributed by atoms with Gasteiger partial charge in [0.15, 0.2) is 11.0 Å². The fraction of sp³-hybridized carbons (Fsp3) is 0.0588. The number of rotatable bonds is 3. The van der Waals surface area contributed by atoms with Crippen LogP contribution in [0.3, 0.4) is 0 Å². The molecule has 4 rings (SSSR count). The van der Waals surface area contributed by atoms with Gasteiger partial charge in [-0.05, 0) is 42.1 Å². The van der Waals surface area contributed by atoms with Gasteiger partial charge in [0.05, 0.1) is 10.5 Å². The van der Waals surface area contributed by atoms with Crippen LogP contribution < -0.4 is 0 Å². The van der Waals surface area contributed by atoms with E-state index in [1.54, 1.807) is 12.1 Å². The molecule has 25 heavy (non-hydrogen) atoms. The van der Waals surface area contributed by atoms with Crippen molar-refractivity contribution in [3.05, 3.63) is 59.6 Å². The van der Waals surface area contributed by atoms with Crippen molar-refractivity contribution in [3.8, 4) is 11.4 Å². The molecule has 4 aromatic rings. The predicted octanol–water partition coefficient (Wildman–Crippen LogP) is 4.37. The van der Waals surface area contributed by atoms with Crippen LogP contribution in [-0.2, 0) is 7.05 Å². The minimum Gasteiger partial charge on any atom is -0.305 e. The van der Waals surface area contributed by atoms with Gasteiger partial charge in [0, 0.05) is 18.0 Å². The fourth-order valence-corrected chi connectivity index (χ4v) is 3.53. The summed E-state index contributed by atoms with van der Waals surface area (Å²) in [4.78, 5) is 8.42. The highest BCUT2D eigenvalue weighted by Gasteiger charge is 2.16. The maximum Gasteiger partial charge on any atom is 0.197 e. The molecule has 0 spiro atoms. The second-order valence-corrected chi connectivity index (χ2v) is 6.65. The molecule has 5 nitrogen and oxygen atoms in total. The molecule has 0 bridgehead atoms. The molecule has 0 radical (unpaired) electrons. The monoisotopic (exact) mass is 371 g/mol. The third-order valence-electron chi connectivity index (χ3n) is 3.70. The first-order valence-corrected chi connectivity index (χ1v) is 8.55. The number of hydrogen-bond donors (Lipinski definition) is 0. The zero-order valence-electron chi connectivity index (χ0n) is 13.0. The summed E-state index contributed by atoms with van der Waals surface area (Å²) in [6, 6.07) is 11.9. The Bertz CT molecular complexity index is 1080. The average Bonchev–Trinajstić information content (AvgIpc) is 2.96. The number of benzene rings is 2. The first-order chi connectivity index (χ1) is 12.1. The summed E-state index contributed by atoms with van der Waals surface area (Å²) >= 11 is 7.55. The Balaban J connectivity index is 1.76. The lowest BCUT2D eigenvalue weighted by atomic mass is 10.2. The van der Waals surface area contributed by atoms with Crippen molar-refractivity contribution in [2.75, 3.05) is 0 Å². The molecular formula is C17H11ClFN5S. The molecule has 0 aliphatic rings. The summed E-state index contributed by atoms with van der Waals surface area (Å²) in [5.41, 5.74) is 1.47. The highest BCUT2D eigenvalue weighted by molar-refractivity contribution is 7.99. The smallest absolute Gasteiger partial charge is 0.197 e. The molecule has 0 aliphatic carbocycles. The van der Waals surface area contributed by atoms with Gasteiger partial charge >= 0.3 is 0 Å². The van der Waals surface area contributed by atoms with E-state index >= 15 is 0 Å². The van der Waals surface area contributed by atoms with Crippen molar-refractivity contribution in [1.82, 2.24) is 24.7 Å². The Morgan fingerprint density at radius 1 is 1.08 bits per heavy atom. The molecular weight excluding hydrogens is 361 g/mol. The van der Waals surface area contributed by atoms with E-state index in [0.717, 1.165) is 5.56 Å². The maximum absolute atomic E-state index is 13.6. The SMILES string of the molecule is Cn1c(Sc2ncnc3ccc(F)cc23)nnc1-c1ccccc1Cl. The zero-order chi connectivity index (χ0) is 17.4. The van der Waals surface area contributed by atoms with Crippen LogP contribution in [0, 0.1) is 5.82 Å². The molecule has 2 aromatic carbocycles. The molecule has 0 saturated carbocycles. The molecule has 0 unspecified atom stereocenters. The standard InChI is InChI=1S/C17H11ClFN5S/c1-24-15(11-4-2-3-5-13(11)18)22-23-17(24)25-16-12-8-10(19)6-7-14(12)20-9-21-16/h2-9H,1H3. The first kappa shape index (κ1) is 16.0. The van der Waals surface area contributed by atoms with E-state index in [-0.39, 0.29) is 5.82 Å². The van der Waals surface area contributed by atoms with Crippen LogP contribution in [-0.4, -0.2) is 24.7 Å². The summed E-state index contributed by atoms with van der Waals surface area (Å²) in [6.07, 6.45) is 1.45. The Hall–Kier alpha value is -2.51. The summed E-state index contributed by atoms with van der Waals surface area (Å²) in [6.45, 7) is 0. The predicted molar refractivity (Wildman–Crippen MR) is 95.1 cm³/mol. The quantitative estimate of drug-likeness (QED) is 0.500. The Kier molecular flexibility index (Phi) is 4.10. The maximum atomic E-state index is 13.6. The summed E-state index contributed by atoms with van der Waals surface area (Å²) < 4.78 is 15.4. The van der Waals surface area contributed by atoms with E-state index in [1.807, 2.05) is 29.8 Å². The van der Waals surface area contributed by atoms with Gasteiger partial charge in [-0.25, -0.2) is 14.4 Å². The minimum atomic E-state index is -0.334. The number of halogens is 2. The summed E-state index contributed by atoms with van der Waals surface area (Å²) in [5.74, 6) is 0.316. The third kappa shape index (κ3) is 2.96. The number of aromatic nitrogens is 5. The van der Waals surface area contributed by atoms with Gasteiger partial charge in [-0.15, -0.1) is 10.2 Å². The Labute approximate surface area is 151 Å². The van der Waals surface area contributed by atoms with Crippen molar-refractivity contribution >= 4 is 34.3 Å². The second kappa shape index (κ2) is 6.42. The van der Waals surface area contributed by atoms with Crippen molar-refractivity contribution < 1.29 is 4.39 Å². The van der Waals surface area contributed by atoms with Crippen LogP contribution >= 0.6 is 23.4 Å². The fourth-order valence-electron chi connectivity index (χ4n) is 2.45. The van der Waals surface area contributed by atoms with E-state index in [1.165, 1.54) is 30.2 Å². The molecule has 0 amide bonds. The molecule has 0 saturated heterocycles. The highest BCUT2D eigenvalue weighted by atomic mass is 35.5. The van der Waals surface area contributed by atoms with Crippen molar-refractivity contribution in [1.29, 1.82) is 0 Å². The van der Waals surface area contributed by atoms with Crippen molar-refractivity contribution in [2.45, 2.75) is 10.2 Å². The molecule has 2 aromatic heterocycles. The van der Waals surface area contributed by atoms with Crippen LogP contribution in [0.4, 0.5) is 4.39 Å². The molecule has 0 fully saturated rings. The van der Waals surface area contributed by atoms with Crippen molar-refractivity contribution in [2.24, 2.45) is 7.05 Å². The van der Waals surface area contributed by atoms with Gasteiger partial charge in [-0.3, -0.25) is 0 Å². The van der Waals surface area contributed by atoms with E-state index in [4.69, 9.17) is 11.6 Å². The molecule has 0 atom stereocenters. The third-order valence-corrected chi connectivity index (χ3v) is 5.08. The average molecular weight is 372 g/mol. The van der Waals surface area contributed by atoms with E-state index in [9.17, 15) is 4.39 Å². The Morgan fingerprint density at radius 3 is 2.76 bits per heavy atom. The highest BCUT2D eigenvalue weighted by Crippen LogP contribution is 2.33. The lowest BCUT2D eigenvalue weighted by molar-refractivity contribution is 0.629. The molecule has 2 heterocycles. The van der Waals surface area contributed by atoms with E-state index < -0.39 is 0 Å². The molecule has 0 aliphatic heterocycles. The van der Waals surface area contributed by atoms with Gasteiger partial charge in [-0.2, -0.15) is 0 Å². The van der Waals surface area contributed by atoms with Gasteiger partial charge in [-0.1, -0.05) is 23.7 Å². The summed E-state index contributed by atoms with van der Waals surface area (Å²) in [5, 5.41) is 10.9. The lowest BCUT2D eigenvalue weighted by Gasteiger charge is -2.06. The summed E-state index contributed by atoms with van der Waals surface area (Å²) in [7, 11) is 1.85. The molecule has 124 valence electrons. The first-order valence-electron chi connectivity index (χ1n) is 7.36. The van der Waals surface area contributed by atoms with Crippen LogP contribution in [0.2, 0.25) is 5.02 Å². The zero-order valence-corrected chi connectivity index (χ0v) is 14.6. The lowest BCUT2D eigenvalue weighted by Crippen LogP contribution is -1.96. The normalized spacial score (nSPS) is 11.2. The topological polar surface area (TPSA) is 56.5 Å². The van der Waals surface area contributed by atoms with E-state index in [0.29, 0.717) is 31.9 Å². The minimum absolute atomic E-state index is 0.334. The van der Waals surface area contributed by atoms with Crippen LogP contribution in [0.1, 0.15) is 0 Å². The van der Waals surface area contributed by atoms with Crippen LogP contribution in [0.5, 0.6) is 0 Å². The van der Waals surface area contributed by atoms with Gasteiger partial charge < -0.3 is 4.57 Å². The number of nitrogens with zero attached hydrogens (tertiary/aromatic N) is 5. The van der Waals surface area contributed by atoms with Crippen LogP contribution in [0.25, 0.3) is 22.3 Å². The number of fused-ring (bicyclic) bond motifs is 1. The van der Waals surface area contributed by atoms with Gasteiger partial charge in [0.2, 0.25) is 0 Å². The molecule has 8 heteroatoms. The van der Waals surface area contributed by atoms with Crippen LogP contribution in [0.15, 0.2) is 59.0 Å².